The third-order valence-corrected chi connectivity index (χ3v) is 1.54. The van der Waals surface area contributed by atoms with Crippen molar-refractivity contribution >= 4 is 0 Å². The lowest BCUT2D eigenvalue weighted by Gasteiger charge is -2.14. The maximum Gasteiger partial charge on any atom is 0.0615 e. The van der Waals surface area contributed by atoms with Gasteiger partial charge in [-0.2, -0.15) is 0 Å². The van der Waals surface area contributed by atoms with Crippen molar-refractivity contribution in [1.82, 2.24) is 5.32 Å². The van der Waals surface area contributed by atoms with Gasteiger partial charge in [0.25, 0.3) is 0 Å². The number of ether oxygens (including phenoxy) is 1. The summed E-state index contributed by atoms with van der Waals surface area (Å²) in [6.45, 7) is 6.28. The van der Waals surface area contributed by atoms with Gasteiger partial charge in [0.15, 0.2) is 0 Å². The Kier molecular flexibility index (Phi) is 6.98. The Hall–Kier alpha value is -0.0800. The molecule has 2 nitrogen and oxygen atoms in total. The maximum atomic E-state index is 5.03. The summed E-state index contributed by atoms with van der Waals surface area (Å²) >= 11 is 0. The molecule has 1 N–H and O–H groups in total. The predicted octanol–water partition coefficient (Wildman–Crippen LogP) is 1.41. The van der Waals surface area contributed by atoms with Crippen molar-refractivity contribution in [2.75, 3.05) is 20.3 Å². The number of hydrogen-bond donors (Lipinski definition) is 1. The van der Waals surface area contributed by atoms with Crippen LogP contribution >= 0.6 is 0 Å². The summed E-state index contributed by atoms with van der Waals surface area (Å²) in [5, 5.41) is 3.40. The van der Waals surface area contributed by atoms with Crippen LogP contribution in [0.4, 0.5) is 0 Å². The van der Waals surface area contributed by atoms with Crippen molar-refractivity contribution < 1.29 is 4.74 Å². The molecule has 0 unspecified atom stereocenters. The summed E-state index contributed by atoms with van der Waals surface area (Å²) in [7, 11) is 1.75. The van der Waals surface area contributed by atoms with Crippen LogP contribution in [0.5, 0.6) is 0 Å². The minimum Gasteiger partial charge on any atom is -0.383 e. The van der Waals surface area contributed by atoms with Crippen molar-refractivity contribution in [1.29, 1.82) is 0 Å². The summed E-state index contributed by atoms with van der Waals surface area (Å²) in [6, 6.07) is 0.546. The average molecular weight is 145 g/mol. The smallest absolute Gasteiger partial charge is 0.0615 e. The van der Waals surface area contributed by atoms with Gasteiger partial charge in [-0.1, -0.05) is 13.8 Å². The molecule has 0 aliphatic heterocycles. The molecule has 0 fully saturated rings. The normalized spacial score (nSPS) is 13.5. The van der Waals surface area contributed by atoms with E-state index in [0.717, 1.165) is 19.6 Å². The molecular formula is C8H19NO. The Labute approximate surface area is 64.0 Å². The average Bonchev–Trinajstić information content (AvgIpc) is 1.98. The van der Waals surface area contributed by atoms with Gasteiger partial charge in [-0.15, -0.1) is 0 Å². The molecule has 0 amide bonds. The molecule has 0 heterocycles. The zero-order valence-corrected chi connectivity index (χ0v) is 7.31. The number of nitrogens with one attached hydrogen (secondary N) is 1. The van der Waals surface area contributed by atoms with Crippen LogP contribution in [-0.4, -0.2) is 26.3 Å². The molecule has 10 heavy (non-hydrogen) atoms. The Bertz CT molecular complexity index is 66.3. The van der Waals surface area contributed by atoms with Gasteiger partial charge < -0.3 is 10.1 Å². The van der Waals surface area contributed by atoms with Gasteiger partial charge in [-0.05, 0) is 19.4 Å². The van der Waals surface area contributed by atoms with Crippen molar-refractivity contribution in [3.05, 3.63) is 0 Å². The van der Waals surface area contributed by atoms with Crippen LogP contribution in [0.2, 0.25) is 0 Å². The summed E-state index contributed by atoms with van der Waals surface area (Å²) in [6.07, 6.45) is 2.34. The van der Waals surface area contributed by atoms with Crippen LogP contribution in [-0.2, 0) is 4.74 Å². The number of hydrogen-bond acceptors (Lipinski definition) is 2. The molecule has 2 heteroatoms. The second-order valence-corrected chi connectivity index (χ2v) is 2.51. The zero-order valence-electron chi connectivity index (χ0n) is 7.31. The minimum atomic E-state index is 0.546. The maximum absolute atomic E-state index is 5.03. The predicted molar refractivity (Wildman–Crippen MR) is 44.2 cm³/mol. The summed E-state index contributed by atoms with van der Waals surface area (Å²) in [4.78, 5) is 0. The first kappa shape index (κ1) is 9.92. The Morgan fingerprint density at radius 3 is 2.50 bits per heavy atom. The summed E-state index contributed by atoms with van der Waals surface area (Å²) in [5.74, 6) is 0. The van der Waals surface area contributed by atoms with E-state index in [4.69, 9.17) is 4.74 Å². The SMILES string of the molecule is CCCN[C@H](CC)COC. The zero-order chi connectivity index (χ0) is 7.82. The van der Waals surface area contributed by atoms with Gasteiger partial charge in [0, 0.05) is 13.2 Å². The van der Waals surface area contributed by atoms with E-state index in [1.54, 1.807) is 7.11 Å². The molecule has 0 aromatic carbocycles. The molecule has 0 aromatic heterocycles. The summed E-state index contributed by atoms with van der Waals surface area (Å²) < 4.78 is 5.03. The van der Waals surface area contributed by atoms with Crippen molar-refractivity contribution in [3.8, 4) is 0 Å². The topological polar surface area (TPSA) is 21.3 Å². The van der Waals surface area contributed by atoms with Gasteiger partial charge in [0.1, 0.15) is 0 Å². The van der Waals surface area contributed by atoms with Crippen LogP contribution < -0.4 is 5.32 Å². The molecule has 0 bridgehead atoms. The molecule has 0 aliphatic carbocycles. The first-order chi connectivity index (χ1) is 4.85. The fourth-order valence-electron chi connectivity index (χ4n) is 0.871. The molecule has 1 atom stereocenters. The lowest BCUT2D eigenvalue weighted by Crippen LogP contribution is -2.32. The van der Waals surface area contributed by atoms with Gasteiger partial charge in [-0.3, -0.25) is 0 Å². The quantitative estimate of drug-likeness (QED) is 0.610. The molecule has 0 rings (SSSR count). The van der Waals surface area contributed by atoms with Crippen molar-refractivity contribution in [2.45, 2.75) is 32.7 Å². The number of rotatable bonds is 6. The van der Waals surface area contributed by atoms with E-state index in [-0.39, 0.29) is 0 Å². The highest BCUT2D eigenvalue weighted by atomic mass is 16.5. The number of methoxy groups -OCH3 is 1. The lowest BCUT2D eigenvalue weighted by atomic mass is 10.2. The van der Waals surface area contributed by atoms with Crippen LogP contribution in [0.3, 0.4) is 0 Å². The standard InChI is InChI=1S/C8H19NO/c1-4-6-9-8(5-2)7-10-3/h8-9H,4-7H2,1-3H3/t8-/m1/s1. The van der Waals surface area contributed by atoms with E-state index in [0.29, 0.717) is 6.04 Å². The highest BCUT2D eigenvalue weighted by Gasteiger charge is 2.01. The molecule has 62 valence electrons. The Morgan fingerprint density at radius 2 is 2.10 bits per heavy atom. The molecule has 0 aliphatic rings. The molecule has 0 saturated carbocycles. The first-order valence-electron chi connectivity index (χ1n) is 4.07. The van der Waals surface area contributed by atoms with Crippen molar-refractivity contribution in [2.24, 2.45) is 0 Å². The van der Waals surface area contributed by atoms with Gasteiger partial charge in [0.2, 0.25) is 0 Å². The van der Waals surface area contributed by atoms with Crippen LogP contribution in [0.25, 0.3) is 0 Å². The van der Waals surface area contributed by atoms with E-state index in [1.807, 2.05) is 0 Å². The van der Waals surface area contributed by atoms with Crippen LogP contribution in [0.15, 0.2) is 0 Å². The largest absolute Gasteiger partial charge is 0.383 e. The monoisotopic (exact) mass is 145 g/mol. The highest BCUT2D eigenvalue weighted by Crippen LogP contribution is 1.90. The second kappa shape index (κ2) is 7.03. The lowest BCUT2D eigenvalue weighted by molar-refractivity contribution is 0.164. The highest BCUT2D eigenvalue weighted by molar-refractivity contribution is 4.62. The van der Waals surface area contributed by atoms with E-state index >= 15 is 0 Å². The molecule has 0 radical (unpaired) electrons. The fraction of sp³-hybridized carbons (Fsp3) is 1.00. The third kappa shape index (κ3) is 4.77. The van der Waals surface area contributed by atoms with Crippen LogP contribution in [0.1, 0.15) is 26.7 Å². The van der Waals surface area contributed by atoms with Crippen LogP contribution in [0, 0.1) is 0 Å². The third-order valence-electron chi connectivity index (χ3n) is 1.54. The van der Waals surface area contributed by atoms with Gasteiger partial charge in [-0.25, -0.2) is 0 Å². The fourth-order valence-corrected chi connectivity index (χ4v) is 0.871. The van der Waals surface area contributed by atoms with E-state index in [1.165, 1.54) is 6.42 Å². The van der Waals surface area contributed by atoms with E-state index in [9.17, 15) is 0 Å². The van der Waals surface area contributed by atoms with E-state index < -0.39 is 0 Å². The van der Waals surface area contributed by atoms with Gasteiger partial charge in [0.05, 0.1) is 6.61 Å². The Morgan fingerprint density at radius 1 is 1.40 bits per heavy atom. The second-order valence-electron chi connectivity index (χ2n) is 2.51. The minimum absolute atomic E-state index is 0.546. The molecule has 0 spiro atoms. The first-order valence-corrected chi connectivity index (χ1v) is 4.07. The molecular weight excluding hydrogens is 126 g/mol. The Balaban J connectivity index is 3.21. The molecule has 0 aromatic rings. The van der Waals surface area contributed by atoms with E-state index in [2.05, 4.69) is 19.2 Å². The van der Waals surface area contributed by atoms with Gasteiger partial charge >= 0.3 is 0 Å². The van der Waals surface area contributed by atoms with Crippen molar-refractivity contribution in [3.63, 3.8) is 0 Å². The molecule has 0 saturated heterocycles. The summed E-state index contributed by atoms with van der Waals surface area (Å²) in [5.41, 5.74) is 0.